The Morgan fingerprint density at radius 3 is 2.58 bits per heavy atom. The second kappa shape index (κ2) is 6.34. The minimum Gasteiger partial charge on any atom is -0.382 e. The van der Waals surface area contributed by atoms with Gasteiger partial charge >= 0.3 is 0 Å². The van der Waals surface area contributed by atoms with Crippen LogP contribution in [0.4, 0.5) is 10.1 Å². The molecule has 0 saturated heterocycles. The van der Waals surface area contributed by atoms with Crippen LogP contribution in [-0.2, 0) is 4.74 Å². The molecular formula is C16H18FNO. The number of ether oxygens (including phenoxy) is 1. The molecular weight excluding hydrogens is 241 g/mol. The molecule has 0 amide bonds. The first kappa shape index (κ1) is 13.6. The van der Waals surface area contributed by atoms with E-state index >= 15 is 0 Å². The van der Waals surface area contributed by atoms with Gasteiger partial charge in [-0.2, -0.15) is 0 Å². The molecule has 0 spiro atoms. The summed E-state index contributed by atoms with van der Waals surface area (Å²) in [5, 5.41) is 3.21. The van der Waals surface area contributed by atoms with Crippen LogP contribution in [0.15, 0.2) is 48.5 Å². The molecule has 2 aromatic rings. The van der Waals surface area contributed by atoms with E-state index in [1.807, 2.05) is 37.3 Å². The van der Waals surface area contributed by atoms with Gasteiger partial charge in [-0.1, -0.05) is 36.4 Å². The number of benzene rings is 2. The fourth-order valence-electron chi connectivity index (χ4n) is 2.01. The van der Waals surface area contributed by atoms with Crippen LogP contribution in [-0.4, -0.2) is 13.7 Å². The number of nitrogens with one attached hydrogen (secondary N) is 1. The molecule has 3 heteroatoms. The summed E-state index contributed by atoms with van der Waals surface area (Å²) < 4.78 is 19.0. The maximum atomic E-state index is 13.8. The van der Waals surface area contributed by atoms with Gasteiger partial charge in [0.05, 0.1) is 18.3 Å². The molecule has 0 fully saturated rings. The smallest absolute Gasteiger partial charge is 0.146 e. The quantitative estimate of drug-likeness (QED) is 0.878. The third-order valence-corrected chi connectivity index (χ3v) is 2.99. The van der Waals surface area contributed by atoms with Gasteiger partial charge in [0.1, 0.15) is 5.82 Å². The van der Waals surface area contributed by atoms with Crippen molar-refractivity contribution in [3.8, 4) is 0 Å². The van der Waals surface area contributed by atoms with E-state index in [0.29, 0.717) is 12.3 Å². The number of anilines is 1. The molecule has 0 saturated carbocycles. The van der Waals surface area contributed by atoms with Crippen LogP contribution in [0, 0.1) is 12.7 Å². The maximum Gasteiger partial charge on any atom is 0.146 e. The number of halogens is 1. The molecule has 19 heavy (non-hydrogen) atoms. The average molecular weight is 259 g/mol. The molecule has 2 nitrogen and oxygen atoms in total. The zero-order valence-corrected chi connectivity index (χ0v) is 11.2. The van der Waals surface area contributed by atoms with Crippen LogP contribution in [0.3, 0.4) is 0 Å². The predicted molar refractivity (Wildman–Crippen MR) is 75.8 cm³/mol. The molecule has 2 aromatic carbocycles. The largest absolute Gasteiger partial charge is 0.382 e. The number of methoxy groups -OCH3 is 1. The number of hydrogen-bond donors (Lipinski definition) is 1. The second-order valence-corrected chi connectivity index (χ2v) is 4.55. The Labute approximate surface area is 113 Å². The molecule has 1 unspecified atom stereocenters. The highest BCUT2D eigenvalue weighted by Gasteiger charge is 2.13. The van der Waals surface area contributed by atoms with Gasteiger partial charge in [0, 0.05) is 7.11 Å². The van der Waals surface area contributed by atoms with Crippen molar-refractivity contribution in [2.45, 2.75) is 13.0 Å². The SMILES string of the molecule is COCC(Nc1cc(C)ccc1F)c1ccccc1. The normalized spacial score (nSPS) is 12.2. The summed E-state index contributed by atoms with van der Waals surface area (Å²) in [6, 6.07) is 14.9. The molecule has 0 aliphatic heterocycles. The lowest BCUT2D eigenvalue weighted by molar-refractivity contribution is 0.186. The van der Waals surface area contributed by atoms with Gasteiger partial charge in [-0.05, 0) is 30.2 Å². The molecule has 0 bridgehead atoms. The summed E-state index contributed by atoms with van der Waals surface area (Å²) >= 11 is 0. The number of aryl methyl sites for hydroxylation is 1. The van der Waals surface area contributed by atoms with Gasteiger partial charge in [-0.3, -0.25) is 0 Å². The van der Waals surface area contributed by atoms with Crippen molar-refractivity contribution in [3.05, 3.63) is 65.5 Å². The third kappa shape index (κ3) is 3.55. The lowest BCUT2D eigenvalue weighted by atomic mass is 10.1. The van der Waals surface area contributed by atoms with Gasteiger partial charge in [-0.15, -0.1) is 0 Å². The molecule has 0 radical (unpaired) electrons. The van der Waals surface area contributed by atoms with Crippen LogP contribution in [0.5, 0.6) is 0 Å². The minimum atomic E-state index is -0.248. The molecule has 0 aromatic heterocycles. The highest BCUT2D eigenvalue weighted by atomic mass is 19.1. The number of hydrogen-bond acceptors (Lipinski definition) is 2. The highest BCUT2D eigenvalue weighted by molar-refractivity contribution is 5.49. The summed E-state index contributed by atoms with van der Waals surface area (Å²) in [7, 11) is 1.64. The Morgan fingerprint density at radius 1 is 1.16 bits per heavy atom. The molecule has 0 aliphatic carbocycles. The van der Waals surface area contributed by atoms with Crippen molar-refractivity contribution in [2.75, 3.05) is 19.0 Å². The van der Waals surface area contributed by atoms with E-state index in [9.17, 15) is 4.39 Å². The Kier molecular flexibility index (Phi) is 4.53. The first-order valence-corrected chi connectivity index (χ1v) is 6.27. The van der Waals surface area contributed by atoms with E-state index < -0.39 is 0 Å². The summed E-state index contributed by atoms with van der Waals surface area (Å²) in [4.78, 5) is 0. The molecule has 1 N–H and O–H groups in total. The molecule has 1 atom stereocenters. The van der Waals surface area contributed by atoms with Crippen molar-refractivity contribution in [1.29, 1.82) is 0 Å². The van der Waals surface area contributed by atoms with Gasteiger partial charge in [0.25, 0.3) is 0 Å². The van der Waals surface area contributed by atoms with Crippen molar-refractivity contribution >= 4 is 5.69 Å². The molecule has 0 heterocycles. The topological polar surface area (TPSA) is 21.3 Å². The zero-order valence-electron chi connectivity index (χ0n) is 11.2. The summed E-state index contributed by atoms with van der Waals surface area (Å²) in [6.45, 7) is 2.43. The van der Waals surface area contributed by atoms with E-state index in [0.717, 1.165) is 11.1 Å². The Hall–Kier alpha value is -1.87. The van der Waals surface area contributed by atoms with Crippen LogP contribution in [0.1, 0.15) is 17.2 Å². The summed E-state index contributed by atoms with van der Waals surface area (Å²) in [5.41, 5.74) is 2.60. The molecule has 2 rings (SSSR count). The van der Waals surface area contributed by atoms with Crippen LogP contribution in [0.2, 0.25) is 0 Å². The van der Waals surface area contributed by atoms with Gasteiger partial charge in [0.15, 0.2) is 0 Å². The Morgan fingerprint density at radius 2 is 1.89 bits per heavy atom. The summed E-state index contributed by atoms with van der Waals surface area (Å²) in [5.74, 6) is -0.248. The maximum absolute atomic E-state index is 13.8. The third-order valence-electron chi connectivity index (χ3n) is 2.99. The van der Waals surface area contributed by atoms with Crippen molar-refractivity contribution in [1.82, 2.24) is 0 Å². The number of rotatable bonds is 5. The lowest BCUT2D eigenvalue weighted by Crippen LogP contribution is -2.17. The van der Waals surface area contributed by atoms with Gasteiger partial charge in [0.2, 0.25) is 0 Å². The Bertz CT molecular complexity index is 528. The van der Waals surface area contributed by atoms with E-state index in [2.05, 4.69) is 5.32 Å². The predicted octanol–water partition coefficient (Wildman–Crippen LogP) is 3.93. The fraction of sp³-hybridized carbons (Fsp3) is 0.250. The van der Waals surface area contributed by atoms with Crippen LogP contribution < -0.4 is 5.32 Å². The van der Waals surface area contributed by atoms with E-state index in [1.54, 1.807) is 19.2 Å². The Balaban J connectivity index is 2.24. The summed E-state index contributed by atoms with van der Waals surface area (Å²) in [6.07, 6.45) is 0. The van der Waals surface area contributed by atoms with Crippen molar-refractivity contribution < 1.29 is 9.13 Å². The van der Waals surface area contributed by atoms with Crippen molar-refractivity contribution in [2.24, 2.45) is 0 Å². The van der Waals surface area contributed by atoms with Crippen LogP contribution >= 0.6 is 0 Å². The fourth-order valence-corrected chi connectivity index (χ4v) is 2.01. The molecule has 0 aliphatic rings. The first-order chi connectivity index (χ1) is 9.20. The first-order valence-electron chi connectivity index (χ1n) is 6.27. The van der Waals surface area contributed by atoms with Gasteiger partial charge < -0.3 is 10.1 Å². The standard InChI is InChI=1S/C16H18FNO/c1-12-8-9-14(17)15(10-12)18-16(11-19-2)13-6-4-3-5-7-13/h3-10,16,18H,11H2,1-2H3. The van der Waals surface area contributed by atoms with E-state index in [4.69, 9.17) is 4.74 Å². The highest BCUT2D eigenvalue weighted by Crippen LogP contribution is 2.23. The zero-order chi connectivity index (χ0) is 13.7. The van der Waals surface area contributed by atoms with Crippen LogP contribution in [0.25, 0.3) is 0 Å². The minimum absolute atomic E-state index is 0.0671. The average Bonchev–Trinajstić information content (AvgIpc) is 2.43. The van der Waals surface area contributed by atoms with E-state index in [1.165, 1.54) is 6.07 Å². The second-order valence-electron chi connectivity index (χ2n) is 4.55. The van der Waals surface area contributed by atoms with E-state index in [-0.39, 0.29) is 11.9 Å². The lowest BCUT2D eigenvalue weighted by Gasteiger charge is -2.20. The van der Waals surface area contributed by atoms with Crippen molar-refractivity contribution in [3.63, 3.8) is 0 Å². The van der Waals surface area contributed by atoms with Gasteiger partial charge in [-0.25, -0.2) is 4.39 Å². The molecule has 100 valence electrons. The monoisotopic (exact) mass is 259 g/mol.